The molecular weight excluding hydrogens is 231 g/mol. The predicted molar refractivity (Wildman–Crippen MR) is 74.6 cm³/mol. The second kappa shape index (κ2) is 10.7. The molecule has 1 aliphatic rings. The summed E-state index contributed by atoms with van der Waals surface area (Å²) in [5.74, 6) is 0. The van der Waals surface area contributed by atoms with Crippen LogP contribution in [0.3, 0.4) is 0 Å². The average molecular weight is 260 g/mol. The van der Waals surface area contributed by atoms with Crippen LogP contribution < -0.4 is 16.0 Å². The van der Waals surface area contributed by atoms with Gasteiger partial charge in [-0.2, -0.15) is 0 Å². The molecule has 1 heterocycles. The Morgan fingerprint density at radius 3 is 2.28 bits per heavy atom. The van der Waals surface area contributed by atoms with Gasteiger partial charge in [0.15, 0.2) is 6.30 Å². The summed E-state index contributed by atoms with van der Waals surface area (Å²) in [6.07, 6.45) is 3.00. The van der Waals surface area contributed by atoms with Gasteiger partial charge in [0.05, 0.1) is 0 Å². The van der Waals surface area contributed by atoms with Crippen LogP contribution in [0.2, 0.25) is 0 Å². The molecule has 1 fully saturated rings. The summed E-state index contributed by atoms with van der Waals surface area (Å²) in [4.78, 5) is 2.32. The molecule has 0 aromatic carbocycles. The number of nitrogens with zero attached hydrogens (tertiary/aromatic N) is 1. The molecular formula is C13H29FN4. The largest absolute Gasteiger partial charge is 0.317 e. The molecule has 0 aliphatic carbocycles. The van der Waals surface area contributed by atoms with Crippen molar-refractivity contribution in [2.75, 3.05) is 52.9 Å². The second-order valence-electron chi connectivity index (χ2n) is 5.07. The Morgan fingerprint density at radius 2 is 1.50 bits per heavy atom. The summed E-state index contributed by atoms with van der Waals surface area (Å²) in [6.45, 7) is 6.79. The molecule has 1 unspecified atom stereocenters. The lowest BCUT2D eigenvalue weighted by Gasteiger charge is -2.18. The molecule has 1 atom stereocenters. The van der Waals surface area contributed by atoms with E-state index in [1.54, 1.807) is 0 Å². The Kier molecular flexibility index (Phi) is 9.38. The molecule has 5 heteroatoms. The molecule has 3 N–H and O–H groups in total. The maximum absolute atomic E-state index is 13.4. The average Bonchev–Trinajstić information content (AvgIpc) is 2.35. The predicted octanol–water partition coefficient (Wildman–Crippen LogP) is 0.557. The zero-order chi connectivity index (χ0) is 13.1. The Hall–Kier alpha value is -0.230. The Balaban J connectivity index is 2.18. The molecule has 0 radical (unpaired) electrons. The molecule has 0 spiro atoms. The number of rotatable bonds is 0. The fourth-order valence-electron chi connectivity index (χ4n) is 2.11. The van der Waals surface area contributed by atoms with Gasteiger partial charge in [-0.1, -0.05) is 0 Å². The van der Waals surface area contributed by atoms with E-state index in [9.17, 15) is 4.39 Å². The van der Waals surface area contributed by atoms with Gasteiger partial charge in [0.25, 0.3) is 0 Å². The van der Waals surface area contributed by atoms with E-state index in [0.29, 0.717) is 6.42 Å². The molecule has 108 valence electrons. The van der Waals surface area contributed by atoms with Gasteiger partial charge in [0.1, 0.15) is 0 Å². The molecule has 1 aliphatic heterocycles. The highest BCUT2D eigenvalue weighted by atomic mass is 19.1. The summed E-state index contributed by atoms with van der Waals surface area (Å²) in [6, 6.07) is 0. The van der Waals surface area contributed by atoms with Crippen LogP contribution in [0.15, 0.2) is 0 Å². The van der Waals surface area contributed by atoms with Gasteiger partial charge < -0.3 is 15.5 Å². The lowest BCUT2D eigenvalue weighted by atomic mass is 10.3. The van der Waals surface area contributed by atoms with Crippen molar-refractivity contribution in [3.05, 3.63) is 0 Å². The van der Waals surface area contributed by atoms with Gasteiger partial charge in [-0.25, -0.2) is 4.39 Å². The maximum Gasteiger partial charge on any atom is 0.152 e. The van der Waals surface area contributed by atoms with E-state index in [2.05, 4.69) is 27.9 Å². The van der Waals surface area contributed by atoms with Crippen LogP contribution >= 0.6 is 0 Å². The summed E-state index contributed by atoms with van der Waals surface area (Å²) < 4.78 is 13.4. The third-order valence-electron chi connectivity index (χ3n) is 3.26. The minimum Gasteiger partial charge on any atom is -0.317 e. The van der Waals surface area contributed by atoms with Crippen LogP contribution in [0.1, 0.15) is 25.7 Å². The monoisotopic (exact) mass is 260 g/mol. The molecule has 0 saturated carbocycles. The van der Waals surface area contributed by atoms with Gasteiger partial charge >= 0.3 is 0 Å². The molecule has 0 aromatic rings. The molecule has 4 nitrogen and oxygen atoms in total. The van der Waals surface area contributed by atoms with E-state index in [0.717, 1.165) is 58.7 Å². The molecule has 1 saturated heterocycles. The second-order valence-corrected chi connectivity index (χ2v) is 5.07. The summed E-state index contributed by atoms with van der Waals surface area (Å²) in [7, 11) is 2.14. The molecule has 0 aromatic heterocycles. The zero-order valence-corrected chi connectivity index (χ0v) is 11.7. The summed E-state index contributed by atoms with van der Waals surface area (Å²) in [5.41, 5.74) is 0. The molecule has 1 rings (SSSR count). The number of alkyl halides is 1. The van der Waals surface area contributed by atoms with Crippen molar-refractivity contribution >= 4 is 0 Å². The van der Waals surface area contributed by atoms with E-state index in [-0.39, 0.29) is 0 Å². The van der Waals surface area contributed by atoms with Crippen LogP contribution in [0.4, 0.5) is 4.39 Å². The number of nitrogens with one attached hydrogen (secondary N) is 3. The summed E-state index contributed by atoms with van der Waals surface area (Å²) in [5, 5.41) is 9.66. The van der Waals surface area contributed by atoms with Crippen LogP contribution in [-0.4, -0.2) is 64.1 Å². The first kappa shape index (κ1) is 15.8. The molecule has 0 bridgehead atoms. The van der Waals surface area contributed by atoms with E-state index >= 15 is 0 Å². The maximum atomic E-state index is 13.4. The van der Waals surface area contributed by atoms with Crippen LogP contribution in [0, 0.1) is 0 Å². The highest BCUT2D eigenvalue weighted by Gasteiger charge is 2.05. The van der Waals surface area contributed by atoms with Gasteiger partial charge in [0.2, 0.25) is 0 Å². The van der Waals surface area contributed by atoms with Crippen molar-refractivity contribution in [1.29, 1.82) is 0 Å². The SMILES string of the molecule is CN1CCCNCCCNCCC(F)NCCC1. The summed E-state index contributed by atoms with van der Waals surface area (Å²) >= 11 is 0. The lowest BCUT2D eigenvalue weighted by molar-refractivity contribution is 0.245. The molecule has 0 amide bonds. The van der Waals surface area contributed by atoms with Crippen molar-refractivity contribution in [1.82, 2.24) is 20.9 Å². The Labute approximate surface area is 111 Å². The van der Waals surface area contributed by atoms with Crippen molar-refractivity contribution in [2.24, 2.45) is 0 Å². The topological polar surface area (TPSA) is 39.3 Å². The van der Waals surface area contributed by atoms with Crippen molar-refractivity contribution in [3.63, 3.8) is 0 Å². The Bertz CT molecular complexity index is 172. The van der Waals surface area contributed by atoms with Crippen LogP contribution in [0.25, 0.3) is 0 Å². The standard InChI is InChI=1S/C13H29FN4/c1-18-11-3-8-15-6-2-7-16-10-5-13(14)17-9-4-12-18/h13,15-17H,2-12H2,1H3. The Morgan fingerprint density at radius 1 is 0.889 bits per heavy atom. The van der Waals surface area contributed by atoms with E-state index in [1.165, 1.54) is 6.42 Å². The number of hydrogen-bond donors (Lipinski definition) is 3. The van der Waals surface area contributed by atoms with Gasteiger partial charge in [-0.15, -0.1) is 0 Å². The molecule has 18 heavy (non-hydrogen) atoms. The highest BCUT2D eigenvalue weighted by molar-refractivity contribution is 4.61. The quantitative estimate of drug-likeness (QED) is 0.557. The first-order chi connectivity index (χ1) is 8.79. The lowest BCUT2D eigenvalue weighted by Crippen LogP contribution is -2.33. The van der Waals surface area contributed by atoms with Crippen LogP contribution in [-0.2, 0) is 0 Å². The third-order valence-corrected chi connectivity index (χ3v) is 3.26. The first-order valence-electron chi connectivity index (χ1n) is 7.26. The van der Waals surface area contributed by atoms with Crippen molar-refractivity contribution < 1.29 is 4.39 Å². The van der Waals surface area contributed by atoms with E-state index in [4.69, 9.17) is 0 Å². The van der Waals surface area contributed by atoms with Gasteiger partial charge in [-0.05, 0) is 72.1 Å². The third kappa shape index (κ3) is 8.80. The van der Waals surface area contributed by atoms with Crippen LogP contribution in [0.5, 0.6) is 0 Å². The smallest absolute Gasteiger partial charge is 0.152 e. The van der Waals surface area contributed by atoms with E-state index in [1.807, 2.05) is 0 Å². The van der Waals surface area contributed by atoms with Gasteiger partial charge in [0, 0.05) is 6.42 Å². The van der Waals surface area contributed by atoms with Gasteiger partial charge in [-0.3, -0.25) is 5.32 Å². The van der Waals surface area contributed by atoms with Crippen molar-refractivity contribution in [2.45, 2.75) is 32.0 Å². The minimum atomic E-state index is -0.867. The fourth-order valence-corrected chi connectivity index (χ4v) is 2.11. The first-order valence-corrected chi connectivity index (χ1v) is 7.26. The highest BCUT2D eigenvalue weighted by Crippen LogP contribution is 1.94. The fraction of sp³-hybridized carbons (Fsp3) is 1.00. The zero-order valence-electron chi connectivity index (χ0n) is 11.7. The number of hydrogen-bond acceptors (Lipinski definition) is 4. The normalized spacial score (nSPS) is 28.0. The number of halogens is 1. The minimum absolute atomic E-state index is 0.559. The van der Waals surface area contributed by atoms with Crippen molar-refractivity contribution in [3.8, 4) is 0 Å². The van der Waals surface area contributed by atoms with E-state index < -0.39 is 6.30 Å².